The van der Waals surface area contributed by atoms with E-state index in [2.05, 4.69) is 20.7 Å². The van der Waals surface area contributed by atoms with Gasteiger partial charge in [-0.1, -0.05) is 6.07 Å². The van der Waals surface area contributed by atoms with E-state index < -0.39 is 6.04 Å². The quantitative estimate of drug-likeness (QED) is 0.301. The summed E-state index contributed by atoms with van der Waals surface area (Å²) in [6, 6.07) is 13.6. The van der Waals surface area contributed by atoms with Crippen molar-refractivity contribution in [2.75, 3.05) is 20.3 Å². The number of furan rings is 1. The molecule has 1 fully saturated rings. The van der Waals surface area contributed by atoms with Gasteiger partial charge in [0.05, 0.1) is 19.8 Å². The number of aromatic nitrogens is 4. The lowest BCUT2D eigenvalue weighted by atomic mass is 10.1. The van der Waals surface area contributed by atoms with E-state index in [9.17, 15) is 9.59 Å². The summed E-state index contributed by atoms with van der Waals surface area (Å²) in [5.74, 6) is 1.43. The summed E-state index contributed by atoms with van der Waals surface area (Å²) in [5, 5.41) is 17.5. The smallest absolute Gasteiger partial charge is 0.250 e. The first-order valence-electron chi connectivity index (χ1n) is 12.7. The van der Waals surface area contributed by atoms with Crippen LogP contribution in [0.15, 0.2) is 58.3 Å². The van der Waals surface area contributed by atoms with E-state index in [0.717, 1.165) is 23.3 Å². The fraction of sp³-hybridized carbons (Fsp3) is 0.370. The van der Waals surface area contributed by atoms with E-state index in [-0.39, 0.29) is 31.0 Å². The fourth-order valence-electron chi connectivity index (χ4n) is 4.41. The zero-order valence-corrected chi connectivity index (χ0v) is 22.6. The summed E-state index contributed by atoms with van der Waals surface area (Å²) in [6.07, 6.45) is 1.82. The van der Waals surface area contributed by atoms with Crippen molar-refractivity contribution in [1.29, 1.82) is 0 Å². The number of benzene rings is 1. The minimum Gasteiger partial charge on any atom is -0.497 e. The van der Waals surface area contributed by atoms with Crippen LogP contribution in [-0.4, -0.2) is 63.3 Å². The predicted molar refractivity (Wildman–Crippen MR) is 143 cm³/mol. The molecule has 12 heteroatoms. The van der Waals surface area contributed by atoms with Crippen LogP contribution in [0, 0.1) is 6.92 Å². The molecule has 1 N–H and O–H groups in total. The molecule has 4 aromatic rings. The number of nitrogens with one attached hydrogen (secondary N) is 1. The van der Waals surface area contributed by atoms with Gasteiger partial charge >= 0.3 is 0 Å². The van der Waals surface area contributed by atoms with Gasteiger partial charge in [-0.15, -0.1) is 21.5 Å². The van der Waals surface area contributed by atoms with Gasteiger partial charge in [-0.25, -0.2) is 0 Å². The molecule has 0 bridgehead atoms. The maximum atomic E-state index is 13.8. The van der Waals surface area contributed by atoms with Gasteiger partial charge in [0, 0.05) is 23.6 Å². The van der Waals surface area contributed by atoms with Crippen LogP contribution in [0.1, 0.15) is 35.3 Å². The van der Waals surface area contributed by atoms with Crippen molar-refractivity contribution in [1.82, 2.24) is 30.4 Å². The Bertz CT molecular complexity index is 1380. The van der Waals surface area contributed by atoms with Crippen LogP contribution in [0.4, 0.5) is 0 Å². The van der Waals surface area contributed by atoms with Crippen LogP contribution in [0.2, 0.25) is 0 Å². The maximum absolute atomic E-state index is 13.8. The zero-order valence-electron chi connectivity index (χ0n) is 21.8. The highest BCUT2D eigenvalue weighted by molar-refractivity contribution is 7.09. The van der Waals surface area contributed by atoms with Crippen LogP contribution >= 0.6 is 11.3 Å². The summed E-state index contributed by atoms with van der Waals surface area (Å²) in [5.41, 5.74) is 0.738. The molecule has 0 saturated carbocycles. The number of hydrogen-bond acceptors (Lipinski definition) is 9. The van der Waals surface area contributed by atoms with Gasteiger partial charge < -0.3 is 24.1 Å². The van der Waals surface area contributed by atoms with Crippen molar-refractivity contribution < 1.29 is 23.5 Å². The first-order chi connectivity index (χ1) is 19.0. The number of aryl methyl sites for hydroxylation is 1. The minimum atomic E-state index is -0.987. The van der Waals surface area contributed by atoms with Crippen LogP contribution in [0.25, 0.3) is 11.4 Å². The third kappa shape index (κ3) is 6.52. The Balaban J connectivity index is 1.39. The highest BCUT2D eigenvalue weighted by Gasteiger charge is 2.35. The third-order valence-corrected chi connectivity index (χ3v) is 7.28. The van der Waals surface area contributed by atoms with Crippen molar-refractivity contribution >= 4 is 23.2 Å². The van der Waals surface area contributed by atoms with Crippen molar-refractivity contribution in [3.8, 4) is 17.1 Å². The SMILES string of the molecule is COc1ccc(-c2nnn(CC(=O)N(Cc3cccs3)[C@@H](C(=O)NC[C@@H]3CCCO3)c3ccc(C)o3)n2)cc1. The fourth-order valence-corrected chi connectivity index (χ4v) is 5.12. The molecule has 11 nitrogen and oxygen atoms in total. The number of nitrogens with zero attached hydrogens (tertiary/aromatic N) is 5. The number of tetrazole rings is 1. The average molecular weight is 551 g/mol. The zero-order chi connectivity index (χ0) is 27.2. The minimum absolute atomic E-state index is 0.0369. The van der Waals surface area contributed by atoms with Crippen molar-refractivity contribution in [2.45, 2.75) is 45.0 Å². The molecule has 5 rings (SSSR count). The lowest BCUT2D eigenvalue weighted by Crippen LogP contribution is -2.46. The lowest BCUT2D eigenvalue weighted by Gasteiger charge is -2.29. The van der Waals surface area contributed by atoms with Gasteiger partial charge in [-0.05, 0) is 72.8 Å². The molecular formula is C27H30N6O5S. The highest BCUT2D eigenvalue weighted by atomic mass is 32.1. The van der Waals surface area contributed by atoms with Gasteiger partial charge in [0.2, 0.25) is 11.7 Å². The Hall–Kier alpha value is -4.03. The molecule has 0 aliphatic carbocycles. The summed E-state index contributed by atoms with van der Waals surface area (Å²) < 4.78 is 16.7. The molecule has 3 aromatic heterocycles. The van der Waals surface area contributed by atoms with Crippen molar-refractivity contribution in [3.05, 3.63) is 70.3 Å². The van der Waals surface area contributed by atoms with Crippen molar-refractivity contribution in [2.24, 2.45) is 0 Å². The highest BCUT2D eigenvalue weighted by Crippen LogP contribution is 2.27. The van der Waals surface area contributed by atoms with Crippen molar-refractivity contribution in [3.63, 3.8) is 0 Å². The normalized spacial score (nSPS) is 15.7. The maximum Gasteiger partial charge on any atom is 0.250 e. The van der Waals surface area contributed by atoms with E-state index in [4.69, 9.17) is 13.9 Å². The van der Waals surface area contributed by atoms with E-state index in [0.29, 0.717) is 36.2 Å². The average Bonchev–Trinajstić information content (AvgIpc) is 3.76. The number of amides is 2. The molecule has 1 aromatic carbocycles. The second-order valence-electron chi connectivity index (χ2n) is 9.20. The molecule has 2 atom stereocenters. The largest absolute Gasteiger partial charge is 0.497 e. The van der Waals surface area contributed by atoms with Crippen LogP contribution in [0.5, 0.6) is 5.75 Å². The lowest BCUT2D eigenvalue weighted by molar-refractivity contribution is -0.143. The molecule has 0 spiro atoms. The first kappa shape index (κ1) is 26.6. The molecule has 204 valence electrons. The molecule has 0 radical (unpaired) electrons. The topological polar surface area (TPSA) is 125 Å². The van der Waals surface area contributed by atoms with Gasteiger partial charge in [0.25, 0.3) is 5.91 Å². The molecule has 1 saturated heterocycles. The summed E-state index contributed by atoms with van der Waals surface area (Å²) >= 11 is 1.51. The third-order valence-electron chi connectivity index (χ3n) is 6.42. The number of thiophene rings is 1. The molecule has 39 heavy (non-hydrogen) atoms. The second kappa shape index (κ2) is 12.2. The second-order valence-corrected chi connectivity index (χ2v) is 10.2. The Morgan fingerprint density at radius 3 is 2.74 bits per heavy atom. The van der Waals surface area contributed by atoms with E-state index in [1.807, 2.05) is 29.6 Å². The molecule has 2 amide bonds. The van der Waals surface area contributed by atoms with E-state index in [1.165, 1.54) is 21.0 Å². The van der Waals surface area contributed by atoms with Crippen LogP contribution in [-0.2, 0) is 27.4 Å². The molecular weight excluding hydrogens is 520 g/mol. The number of methoxy groups -OCH3 is 1. The molecule has 4 heterocycles. The molecule has 0 unspecified atom stereocenters. The van der Waals surface area contributed by atoms with Gasteiger partial charge in [-0.2, -0.15) is 4.80 Å². The number of ether oxygens (including phenoxy) is 2. The number of hydrogen-bond donors (Lipinski definition) is 1. The van der Waals surface area contributed by atoms with Gasteiger partial charge in [0.1, 0.15) is 23.8 Å². The Labute approximate surface area is 229 Å². The van der Waals surface area contributed by atoms with E-state index in [1.54, 1.807) is 38.3 Å². The summed E-state index contributed by atoms with van der Waals surface area (Å²) in [6.45, 7) is 2.87. The van der Waals surface area contributed by atoms with Crippen LogP contribution < -0.4 is 10.1 Å². The van der Waals surface area contributed by atoms with E-state index >= 15 is 0 Å². The standard InChI is InChI=1S/C27H30N6O5S/c1-18-7-12-23(38-18)25(27(35)28-15-21-5-3-13-37-21)32(16-22-6-4-14-39-22)24(34)17-33-30-26(29-31-33)19-8-10-20(36-2)11-9-19/h4,6-12,14,21,25H,3,5,13,15-17H2,1-2H3,(H,28,35)/t21-,25+/m0/s1. The van der Waals surface area contributed by atoms with Gasteiger partial charge in [-0.3, -0.25) is 9.59 Å². The first-order valence-corrected chi connectivity index (χ1v) is 13.6. The van der Waals surface area contributed by atoms with Gasteiger partial charge in [0.15, 0.2) is 6.04 Å². The monoisotopic (exact) mass is 550 g/mol. The summed E-state index contributed by atoms with van der Waals surface area (Å²) in [4.78, 5) is 31.1. The Morgan fingerprint density at radius 2 is 2.08 bits per heavy atom. The number of carbonyl (C=O) groups excluding carboxylic acids is 2. The molecule has 1 aliphatic rings. The molecule has 1 aliphatic heterocycles. The van der Waals surface area contributed by atoms with Crippen LogP contribution in [0.3, 0.4) is 0 Å². The number of carbonyl (C=O) groups is 2. The Morgan fingerprint density at radius 1 is 1.23 bits per heavy atom. The number of rotatable bonds is 11. The summed E-state index contributed by atoms with van der Waals surface area (Å²) in [7, 11) is 1.59. The predicted octanol–water partition coefficient (Wildman–Crippen LogP) is 3.38. The Kier molecular flexibility index (Phi) is 8.33.